The normalized spacial score (nSPS) is 20.1. The lowest BCUT2D eigenvalue weighted by Crippen LogP contribution is -2.43. The van der Waals surface area contributed by atoms with Crippen LogP contribution >= 0.6 is 0 Å². The van der Waals surface area contributed by atoms with Crippen LogP contribution in [0.4, 0.5) is 11.5 Å². The lowest BCUT2D eigenvalue weighted by Gasteiger charge is -2.33. The van der Waals surface area contributed by atoms with Crippen LogP contribution in [0.2, 0.25) is 0 Å². The number of aliphatic imine (C=N–C) groups is 1. The topological polar surface area (TPSA) is 141 Å². The molecule has 8 heteroatoms. The predicted molar refractivity (Wildman–Crippen MR) is 126 cm³/mol. The van der Waals surface area contributed by atoms with Crippen molar-refractivity contribution in [3.8, 4) is 0 Å². The highest BCUT2D eigenvalue weighted by atomic mass is 15.2. The number of nitrogens with two attached hydrogens (primary N) is 2. The predicted octanol–water partition coefficient (Wildman–Crippen LogP) is 2.71. The first kappa shape index (κ1) is 21.1. The van der Waals surface area contributed by atoms with Crippen LogP contribution in [0.3, 0.4) is 0 Å². The van der Waals surface area contributed by atoms with E-state index >= 15 is 0 Å². The fourth-order valence-electron chi connectivity index (χ4n) is 4.15. The Morgan fingerprint density at radius 3 is 2.81 bits per heavy atom. The summed E-state index contributed by atoms with van der Waals surface area (Å²) in [5.41, 5.74) is 16.1. The SMILES string of the molecule is CN=CC(C=N)c1cc(C(=N)c2ccc(C3CC3)c(N3CCCC(N)C3)n2)c(N)cn1. The number of nitrogens with one attached hydrogen (secondary N) is 2. The minimum atomic E-state index is -0.354. The molecule has 162 valence electrons. The van der Waals surface area contributed by atoms with Crippen molar-refractivity contribution in [2.75, 3.05) is 30.8 Å². The second-order valence-electron chi connectivity index (χ2n) is 8.40. The molecule has 2 aromatic heterocycles. The fraction of sp³-hybridized carbons (Fsp3) is 0.435. The quantitative estimate of drug-likeness (QED) is 0.512. The zero-order chi connectivity index (χ0) is 22.0. The molecule has 1 aliphatic carbocycles. The maximum absolute atomic E-state index is 8.85. The zero-order valence-electron chi connectivity index (χ0n) is 17.9. The van der Waals surface area contributed by atoms with Gasteiger partial charge in [0, 0.05) is 44.2 Å². The number of pyridine rings is 2. The molecule has 2 aliphatic rings. The molecule has 4 rings (SSSR count). The van der Waals surface area contributed by atoms with Crippen LogP contribution in [-0.2, 0) is 0 Å². The van der Waals surface area contributed by atoms with Gasteiger partial charge < -0.3 is 21.8 Å². The van der Waals surface area contributed by atoms with E-state index in [0.29, 0.717) is 28.6 Å². The molecule has 8 nitrogen and oxygen atoms in total. The summed E-state index contributed by atoms with van der Waals surface area (Å²) in [4.78, 5) is 15.6. The Morgan fingerprint density at radius 2 is 2.13 bits per heavy atom. The van der Waals surface area contributed by atoms with Crippen molar-refractivity contribution in [1.82, 2.24) is 9.97 Å². The van der Waals surface area contributed by atoms with Gasteiger partial charge in [0.15, 0.2) is 0 Å². The molecule has 0 aromatic carbocycles. The molecule has 0 bridgehead atoms. The van der Waals surface area contributed by atoms with Crippen molar-refractivity contribution in [2.24, 2.45) is 10.7 Å². The Morgan fingerprint density at radius 1 is 1.32 bits per heavy atom. The van der Waals surface area contributed by atoms with Crippen molar-refractivity contribution in [3.05, 3.63) is 46.9 Å². The first-order valence-electron chi connectivity index (χ1n) is 10.8. The van der Waals surface area contributed by atoms with Gasteiger partial charge in [-0.3, -0.25) is 15.4 Å². The van der Waals surface area contributed by atoms with Gasteiger partial charge in [-0.15, -0.1) is 0 Å². The molecule has 1 saturated heterocycles. The van der Waals surface area contributed by atoms with Crippen molar-refractivity contribution in [2.45, 2.75) is 43.6 Å². The molecule has 2 unspecified atom stereocenters. The standard InChI is InChI=1S/C23H30N8/c1-28-11-15(10-24)21-9-18(19(26)12-29-21)22(27)20-7-6-17(14-4-5-14)23(30-20)31-8-2-3-16(25)13-31/h6-7,9-12,14-16,24,27H,2-5,8,13,25-26H2,1H3. The Kier molecular flexibility index (Phi) is 6.08. The molecule has 1 saturated carbocycles. The average molecular weight is 419 g/mol. The summed E-state index contributed by atoms with van der Waals surface area (Å²) >= 11 is 0. The lowest BCUT2D eigenvalue weighted by molar-refractivity contribution is 0.502. The first-order valence-corrected chi connectivity index (χ1v) is 10.8. The number of nitrogens with zero attached hydrogens (tertiary/aromatic N) is 4. The molecule has 6 N–H and O–H groups in total. The maximum Gasteiger partial charge on any atom is 0.132 e. The molecule has 3 heterocycles. The third kappa shape index (κ3) is 4.49. The van der Waals surface area contributed by atoms with Crippen LogP contribution in [0.1, 0.15) is 60.0 Å². The Bertz CT molecular complexity index is 1010. The van der Waals surface area contributed by atoms with E-state index in [1.165, 1.54) is 24.6 Å². The van der Waals surface area contributed by atoms with Crippen molar-refractivity contribution in [3.63, 3.8) is 0 Å². The molecule has 1 aliphatic heterocycles. The lowest BCUT2D eigenvalue weighted by atomic mass is 9.99. The van der Waals surface area contributed by atoms with Gasteiger partial charge in [-0.05, 0) is 49.3 Å². The van der Waals surface area contributed by atoms with Gasteiger partial charge in [0.1, 0.15) is 5.82 Å². The molecule has 2 fully saturated rings. The number of hydrogen-bond donors (Lipinski definition) is 4. The summed E-state index contributed by atoms with van der Waals surface area (Å²) < 4.78 is 0. The second kappa shape index (κ2) is 8.93. The minimum Gasteiger partial charge on any atom is -0.397 e. The summed E-state index contributed by atoms with van der Waals surface area (Å²) in [6.07, 6.45) is 8.95. The molecule has 2 aromatic rings. The van der Waals surface area contributed by atoms with Crippen molar-refractivity contribution < 1.29 is 0 Å². The van der Waals surface area contributed by atoms with Gasteiger partial charge in [-0.1, -0.05) is 6.07 Å². The number of hydrogen-bond acceptors (Lipinski definition) is 8. The van der Waals surface area contributed by atoms with Crippen molar-refractivity contribution in [1.29, 1.82) is 10.8 Å². The molecule has 0 spiro atoms. The van der Waals surface area contributed by atoms with Crippen LogP contribution in [0.5, 0.6) is 0 Å². The molecular weight excluding hydrogens is 388 g/mol. The second-order valence-corrected chi connectivity index (χ2v) is 8.40. The van der Waals surface area contributed by atoms with Crippen LogP contribution < -0.4 is 16.4 Å². The van der Waals surface area contributed by atoms with Gasteiger partial charge in [0.25, 0.3) is 0 Å². The number of anilines is 2. The van der Waals surface area contributed by atoms with Crippen LogP contribution in [-0.4, -0.2) is 54.3 Å². The minimum absolute atomic E-state index is 0.155. The smallest absolute Gasteiger partial charge is 0.132 e. The maximum atomic E-state index is 8.85. The molecular formula is C23H30N8. The van der Waals surface area contributed by atoms with Crippen molar-refractivity contribution >= 4 is 29.6 Å². The van der Waals surface area contributed by atoms with E-state index in [1.54, 1.807) is 25.5 Å². The van der Waals surface area contributed by atoms with Gasteiger partial charge in [0.2, 0.25) is 0 Å². The summed E-state index contributed by atoms with van der Waals surface area (Å²) in [5.74, 6) is 1.17. The van der Waals surface area contributed by atoms with Gasteiger partial charge >= 0.3 is 0 Å². The summed E-state index contributed by atoms with van der Waals surface area (Å²) in [7, 11) is 1.66. The van der Waals surface area contributed by atoms with E-state index in [2.05, 4.69) is 20.9 Å². The van der Waals surface area contributed by atoms with E-state index in [9.17, 15) is 0 Å². The highest BCUT2D eigenvalue weighted by Gasteiger charge is 2.30. The number of piperidine rings is 1. The number of nitrogen functional groups attached to an aromatic ring is 1. The summed E-state index contributed by atoms with van der Waals surface area (Å²) in [5, 5.41) is 16.5. The van der Waals surface area contributed by atoms with Gasteiger partial charge in [0.05, 0.1) is 34.9 Å². The average Bonchev–Trinajstić information content (AvgIpc) is 3.62. The Balaban J connectivity index is 1.70. The van der Waals surface area contributed by atoms with E-state index in [1.807, 2.05) is 6.07 Å². The van der Waals surface area contributed by atoms with Crippen LogP contribution in [0.15, 0.2) is 29.4 Å². The van der Waals surface area contributed by atoms with E-state index in [4.69, 9.17) is 27.3 Å². The summed E-state index contributed by atoms with van der Waals surface area (Å²) in [6, 6.07) is 5.96. The Hall–Kier alpha value is -3.13. The largest absolute Gasteiger partial charge is 0.397 e. The van der Waals surface area contributed by atoms with E-state index in [0.717, 1.165) is 31.7 Å². The third-order valence-electron chi connectivity index (χ3n) is 5.99. The highest BCUT2D eigenvalue weighted by Crippen LogP contribution is 2.44. The zero-order valence-corrected chi connectivity index (χ0v) is 17.9. The van der Waals surface area contributed by atoms with Gasteiger partial charge in [-0.25, -0.2) is 4.98 Å². The number of aromatic nitrogens is 2. The monoisotopic (exact) mass is 418 g/mol. The fourth-order valence-corrected chi connectivity index (χ4v) is 4.15. The first-order chi connectivity index (χ1) is 15.0. The molecule has 2 atom stereocenters. The Labute approximate surface area is 182 Å². The van der Waals surface area contributed by atoms with Crippen LogP contribution in [0.25, 0.3) is 0 Å². The highest BCUT2D eigenvalue weighted by molar-refractivity contribution is 6.13. The molecule has 0 radical (unpaired) electrons. The molecule has 0 amide bonds. The summed E-state index contributed by atoms with van der Waals surface area (Å²) in [6.45, 7) is 1.73. The van der Waals surface area contributed by atoms with Crippen LogP contribution in [0, 0.1) is 10.8 Å². The van der Waals surface area contributed by atoms with E-state index in [-0.39, 0.29) is 17.7 Å². The van der Waals surface area contributed by atoms with E-state index < -0.39 is 0 Å². The third-order valence-corrected chi connectivity index (χ3v) is 5.99. The van der Waals surface area contributed by atoms with Gasteiger partial charge in [-0.2, -0.15) is 0 Å². The number of rotatable bonds is 7. The molecule has 31 heavy (non-hydrogen) atoms.